The number of nitrogens with zero attached hydrogens (tertiary/aromatic N) is 2. The Kier molecular flexibility index (Phi) is 5.34. The Labute approximate surface area is 170 Å². The largest absolute Gasteiger partial charge is 0.497 e. The molecule has 0 spiro atoms. The third-order valence-electron chi connectivity index (χ3n) is 5.76. The van der Waals surface area contributed by atoms with Crippen LogP contribution in [0, 0.1) is 6.92 Å². The van der Waals surface area contributed by atoms with E-state index in [2.05, 4.69) is 20.5 Å². The second-order valence-electron chi connectivity index (χ2n) is 7.65. The molecule has 3 aromatic rings. The van der Waals surface area contributed by atoms with Crippen LogP contribution >= 0.6 is 0 Å². The Morgan fingerprint density at radius 2 is 1.86 bits per heavy atom. The zero-order valence-electron chi connectivity index (χ0n) is 16.9. The molecule has 29 heavy (non-hydrogen) atoms. The highest BCUT2D eigenvalue weighted by atomic mass is 16.5. The summed E-state index contributed by atoms with van der Waals surface area (Å²) in [5, 5.41) is 10.2. The first-order chi connectivity index (χ1) is 14.1. The minimum Gasteiger partial charge on any atom is -0.497 e. The van der Waals surface area contributed by atoms with Gasteiger partial charge in [0.1, 0.15) is 11.6 Å². The molecular weight excluding hydrogens is 364 g/mol. The van der Waals surface area contributed by atoms with Crippen molar-refractivity contribution in [3.63, 3.8) is 0 Å². The highest BCUT2D eigenvalue weighted by Gasteiger charge is 2.41. The van der Waals surface area contributed by atoms with Crippen LogP contribution < -0.4 is 10.1 Å². The van der Waals surface area contributed by atoms with Gasteiger partial charge in [0.2, 0.25) is 5.91 Å². The lowest BCUT2D eigenvalue weighted by Gasteiger charge is -2.36. The number of amides is 1. The third kappa shape index (κ3) is 3.88. The molecule has 150 valence electrons. The van der Waals surface area contributed by atoms with Crippen LogP contribution in [0.5, 0.6) is 5.75 Å². The number of aromatic nitrogens is 3. The number of anilines is 1. The van der Waals surface area contributed by atoms with E-state index in [1.54, 1.807) is 7.11 Å². The topological polar surface area (TPSA) is 79.9 Å². The molecule has 1 amide bonds. The van der Waals surface area contributed by atoms with Crippen LogP contribution in [0.25, 0.3) is 11.4 Å². The number of hydrogen-bond donors (Lipinski definition) is 2. The van der Waals surface area contributed by atoms with E-state index >= 15 is 0 Å². The number of aromatic amines is 1. The van der Waals surface area contributed by atoms with Crippen molar-refractivity contribution in [2.75, 3.05) is 12.4 Å². The Morgan fingerprint density at radius 3 is 2.52 bits per heavy atom. The van der Waals surface area contributed by atoms with Crippen LogP contribution in [0.1, 0.15) is 43.5 Å². The van der Waals surface area contributed by atoms with Gasteiger partial charge >= 0.3 is 0 Å². The number of carbonyl (C=O) groups is 1. The first kappa shape index (κ1) is 19.2. The van der Waals surface area contributed by atoms with Crippen molar-refractivity contribution in [1.29, 1.82) is 0 Å². The highest BCUT2D eigenvalue weighted by Crippen LogP contribution is 2.41. The van der Waals surface area contributed by atoms with Gasteiger partial charge in [-0.25, -0.2) is 4.98 Å². The first-order valence-corrected chi connectivity index (χ1v) is 10.1. The molecule has 1 fully saturated rings. The third-order valence-corrected chi connectivity index (χ3v) is 5.76. The van der Waals surface area contributed by atoms with Gasteiger partial charge in [-0.2, -0.15) is 5.10 Å². The van der Waals surface area contributed by atoms with Crippen molar-refractivity contribution in [3.05, 3.63) is 59.9 Å². The molecule has 0 radical (unpaired) electrons. The molecule has 1 heterocycles. The first-order valence-electron chi connectivity index (χ1n) is 10.1. The summed E-state index contributed by atoms with van der Waals surface area (Å²) >= 11 is 0. The molecule has 0 saturated heterocycles. The van der Waals surface area contributed by atoms with Gasteiger partial charge in [-0.3, -0.25) is 9.89 Å². The van der Waals surface area contributed by atoms with Crippen molar-refractivity contribution in [3.8, 4) is 17.1 Å². The summed E-state index contributed by atoms with van der Waals surface area (Å²) in [6.07, 6.45) is 4.98. The number of hydrogen-bond acceptors (Lipinski definition) is 4. The van der Waals surface area contributed by atoms with E-state index in [-0.39, 0.29) is 5.91 Å². The molecular formula is C23H26N4O2. The fraction of sp³-hybridized carbons (Fsp3) is 0.348. The smallest absolute Gasteiger partial charge is 0.235 e. The molecule has 0 unspecified atom stereocenters. The van der Waals surface area contributed by atoms with Crippen LogP contribution in [0.15, 0.2) is 48.5 Å². The zero-order valence-corrected chi connectivity index (χ0v) is 16.9. The van der Waals surface area contributed by atoms with Crippen LogP contribution in [0.4, 0.5) is 5.69 Å². The molecule has 1 aliphatic carbocycles. The van der Waals surface area contributed by atoms with Gasteiger partial charge in [0, 0.05) is 11.3 Å². The zero-order chi connectivity index (χ0) is 20.3. The predicted molar refractivity (Wildman–Crippen MR) is 113 cm³/mol. The van der Waals surface area contributed by atoms with Crippen LogP contribution in [0.2, 0.25) is 0 Å². The minimum absolute atomic E-state index is 0.0469. The summed E-state index contributed by atoms with van der Waals surface area (Å²) in [7, 11) is 1.65. The monoisotopic (exact) mass is 390 g/mol. The average molecular weight is 390 g/mol. The standard InChI is InChI=1S/C23H26N4O2/c1-16-24-21(27-26-16)17-7-6-8-19(15-17)25-22(28)23(13-4-3-5-14-23)18-9-11-20(29-2)12-10-18/h6-12,15H,3-5,13-14H2,1-2H3,(H,25,28)(H,24,26,27). The van der Waals surface area contributed by atoms with Gasteiger partial charge in [0.15, 0.2) is 5.82 Å². The average Bonchev–Trinajstić information content (AvgIpc) is 3.21. The number of carbonyl (C=O) groups excluding carboxylic acids is 1. The molecule has 6 nitrogen and oxygen atoms in total. The van der Waals surface area contributed by atoms with Crippen molar-refractivity contribution in [2.24, 2.45) is 0 Å². The summed E-state index contributed by atoms with van der Waals surface area (Å²) in [6, 6.07) is 15.6. The molecule has 6 heteroatoms. The molecule has 1 aromatic heterocycles. The van der Waals surface area contributed by atoms with E-state index < -0.39 is 5.41 Å². The lowest BCUT2D eigenvalue weighted by Crippen LogP contribution is -2.42. The second kappa shape index (κ2) is 8.07. The Morgan fingerprint density at radius 1 is 1.10 bits per heavy atom. The van der Waals surface area contributed by atoms with E-state index in [0.29, 0.717) is 5.82 Å². The minimum atomic E-state index is -0.512. The number of H-pyrrole nitrogens is 1. The fourth-order valence-corrected chi connectivity index (χ4v) is 4.17. The van der Waals surface area contributed by atoms with Crippen LogP contribution in [-0.2, 0) is 10.2 Å². The van der Waals surface area contributed by atoms with Gasteiger partial charge < -0.3 is 10.1 Å². The van der Waals surface area contributed by atoms with Gasteiger partial charge in [-0.05, 0) is 49.6 Å². The van der Waals surface area contributed by atoms with Gasteiger partial charge in [0.05, 0.1) is 12.5 Å². The molecule has 1 saturated carbocycles. The molecule has 1 aliphatic rings. The van der Waals surface area contributed by atoms with E-state index in [0.717, 1.165) is 54.1 Å². The Hall–Kier alpha value is -3.15. The van der Waals surface area contributed by atoms with Gasteiger partial charge in [-0.15, -0.1) is 0 Å². The number of aryl methyl sites for hydroxylation is 1. The van der Waals surface area contributed by atoms with Crippen LogP contribution in [-0.4, -0.2) is 28.2 Å². The summed E-state index contributed by atoms with van der Waals surface area (Å²) in [5.41, 5.74) is 2.17. The van der Waals surface area contributed by atoms with Crippen molar-refractivity contribution in [2.45, 2.75) is 44.4 Å². The molecule has 4 rings (SSSR count). The lowest BCUT2D eigenvalue weighted by atomic mass is 9.68. The predicted octanol–water partition coefficient (Wildman–Crippen LogP) is 4.63. The Bertz CT molecular complexity index is 988. The highest BCUT2D eigenvalue weighted by molar-refractivity contribution is 5.99. The molecule has 2 N–H and O–H groups in total. The molecule has 0 atom stereocenters. The van der Waals surface area contributed by atoms with Crippen molar-refractivity contribution >= 4 is 11.6 Å². The van der Waals surface area contributed by atoms with Crippen molar-refractivity contribution in [1.82, 2.24) is 15.2 Å². The molecule has 0 aliphatic heterocycles. The maximum atomic E-state index is 13.5. The maximum Gasteiger partial charge on any atom is 0.235 e. The number of methoxy groups -OCH3 is 1. The van der Waals surface area contributed by atoms with E-state index in [1.807, 2.05) is 55.5 Å². The van der Waals surface area contributed by atoms with Gasteiger partial charge in [-0.1, -0.05) is 43.5 Å². The van der Waals surface area contributed by atoms with E-state index in [4.69, 9.17) is 4.74 Å². The second-order valence-corrected chi connectivity index (χ2v) is 7.65. The quantitative estimate of drug-likeness (QED) is 0.666. The van der Waals surface area contributed by atoms with Crippen molar-refractivity contribution < 1.29 is 9.53 Å². The molecule has 2 aromatic carbocycles. The normalized spacial score (nSPS) is 15.7. The summed E-state index contributed by atoms with van der Waals surface area (Å²) in [6.45, 7) is 1.86. The van der Waals surface area contributed by atoms with Gasteiger partial charge in [0.25, 0.3) is 0 Å². The van der Waals surface area contributed by atoms with E-state index in [1.165, 1.54) is 6.42 Å². The summed E-state index contributed by atoms with van der Waals surface area (Å²) in [4.78, 5) is 17.9. The summed E-state index contributed by atoms with van der Waals surface area (Å²) < 4.78 is 5.29. The lowest BCUT2D eigenvalue weighted by molar-refractivity contribution is -0.122. The maximum absolute atomic E-state index is 13.5. The van der Waals surface area contributed by atoms with E-state index in [9.17, 15) is 4.79 Å². The number of rotatable bonds is 5. The number of ether oxygens (including phenoxy) is 1. The van der Waals surface area contributed by atoms with Crippen LogP contribution in [0.3, 0.4) is 0 Å². The number of benzene rings is 2. The SMILES string of the molecule is COc1ccc(C2(C(=O)Nc3cccc(-c4n[nH]c(C)n4)c3)CCCCC2)cc1. The Balaban J connectivity index is 1.62. The number of nitrogens with one attached hydrogen (secondary N) is 2. The molecule has 0 bridgehead atoms. The summed E-state index contributed by atoms with van der Waals surface area (Å²) in [5.74, 6) is 2.23. The fourth-order valence-electron chi connectivity index (χ4n) is 4.17.